The number of sulfonamides is 1. The van der Waals surface area contributed by atoms with Crippen LogP contribution < -0.4 is 10.6 Å². The maximum Gasteiger partial charge on any atom is 0.216 e. The number of benzene rings is 1. The van der Waals surface area contributed by atoms with Gasteiger partial charge in [-0.1, -0.05) is 23.7 Å². The number of halogens is 2. The second-order valence-electron chi connectivity index (χ2n) is 6.70. The molecule has 2 atom stereocenters. The van der Waals surface area contributed by atoms with Gasteiger partial charge in [0.2, 0.25) is 10.0 Å². The molecule has 1 saturated heterocycles. The summed E-state index contributed by atoms with van der Waals surface area (Å²) < 4.78 is 32.2. The van der Waals surface area contributed by atoms with Gasteiger partial charge in [-0.05, 0) is 38.0 Å². The maximum atomic E-state index is 12.5. The lowest BCUT2D eigenvalue weighted by Gasteiger charge is -2.34. The van der Waals surface area contributed by atoms with Crippen molar-refractivity contribution in [1.82, 2.24) is 14.9 Å². The third-order valence-electron chi connectivity index (χ3n) is 4.25. The molecule has 0 radical (unpaired) electrons. The molecule has 0 spiro atoms. The van der Waals surface area contributed by atoms with Crippen LogP contribution in [0, 0.1) is 0 Å². The van der Waals surface area contributed by atoms with E-state index in [1.54, 1.807) is 7.05 Å². The highest BCUT2D eigenvalue weighted by Gasteiger charge is 2.30. The van der Waals surface area contributed by atoms with Crippen LogP contribution in [0.4, 0.5) is 0 Å². The Labute approximate surface area is 190 Å². The van der Waals surface area contributed by atoms with Crippen LogP contribution in [0.15, 0.2) is 29.3 Å². The molecule has 1 aliphatic heterocycles. The predicted octanol–water partition coefficient (Wildman–Crippen LogP) is 2.10. The van der Waals surface area contributed by atoms with E-state index in [9.17, 15) is 8.42 Å². The molecule has 28 heavy (non-hydrogen) atoms. The highest BCUT2D eigenvalue weighted by molar-refractivity contribution is 14.0. The third-order valence-corrected chi connectivity index (χ3v) is 6.29. The van der Waals surface area contributed by atoms with Crippen molar-refractivity contribution in [1.29, 1.82) is 0 Å². The first-order chi connectivity index (χ1) is 12.8. The molecular formula is C18H30ClIN4O3S. The molecule has 1 aromatic carbocycles. The lowest BCUT2D eigenvalue weighted by atomic mass is 10.1. The Bertz CT molecular complexity index is 738. The van der Waals surface area contributed by atoms with E-state index < -0.39 is 10.0 Å². The van der Waals surface area contributed by atoms with Crippen molar-refractivity contribution >= 4 is 51.6 Å². The normalized spacial score (nSPS) is 21.1. The van der Waals surface area contributed by atoms with E-state index in [-0.39, 0.29) is 41.9 Å². The minimum Gasteiger partial charge on any atom is -0.373 e. The Kier molecular flexibility index (Phi) is 11.0. The van der Waals surface area contributed by atoms with Gasteiger partial charge in [0, 0.05) is 38.2 Å². The third kappa shape index (κ3) is 8.40. The molecule has 160 valence electrons. The van der Waals surface area contributed by atoms with Crippen LogP contribution in [-0.4, -0.2) is 69.9 Å². The maximum absolute atomic E-state index is 12.5. The Morgan fingerprint density at radius 1 is 1.25 bits per heavy atom. The molecule has 0 aromatic heterocycles. The van der Waals surface area contributed by atoms with E-state index in [4.69, 9.17) is 16.3 Å². The molecule has 0 amide bonds. The van der Waals surface area contributed by atoms with E-state index in [0.29, 0.717) is 37.2 Å². The number of hydrogen-bond acceptors (Lipinski definition) is 4. The highest BCUT2D eigenvalue weighted by atomic mass is 127. The van der Waals surface area contributed by atoms with Crippen molar-refractivity contribution in [2.24, 2.45) is 4.99 Å². The fraction of sp³-hybridized carbons (Fsp3) is 0.611. The van der Waals surface area contributed by atoms with Crippen molar-refractivity contribution in [3.8, 4) is 0 Å². The summed E-state index contributed by atoms with van der Waals surface area (Å²) in [6.45, 7) is 5.55. The van der Waals surface area contributed by atoms with E-state index >= 15 is 0 Å². The van der Waals surface area contributed by atoms with Crippen LogP contribution in [0.1, 0.15) is 19.4 Å². The molecule has 2 unspecified atom stereocenters. The molecule has 2 N–H and O–H groups in total. The monoisotopic (exact) mass is 544 g/mol. The molecule has 0 bridgehead atoms. The number of ether oxygens (including phenoxy) is 1. The van der Waals surface area contributed by atoms with Gasteiger partial charge in [0.15, 0.2) is 5.96 Å². The molecule has 0 saturated carbocycles. The average Bonchev–Trinajstić information content (AvgIpc) is 2.59. The minimum atomic E-state index is -3.33. The largest absolute Gasteiger partial charge is 0.373 e. The zero-order valence-electron chi connectivity index (χ0n) is 16.5. The lowest BCUT2D eigenvalue weighted by Crippen LogP contribution is -2.50. The lowest BCUT2D eigenvalue weighted by molar-refractivity contribution is -0.0440. The second kappa shape index (κ2) is 12.2. The molecule has 7 nitrogen and oxygen atoms in total. The van der Waals surface area contributed by atoms with Gasteiger partial charge in [0.1, 0.15) is 0 Å². The predicted molar refractivity (Wildman–Crippen MR) is 125 cm³/mol. The minimum absolute atomic E-state index is 0. The molecule has 0 aliphatic carbocycles. The molecule has 2 rings (SSSR count). The summed E-state index contributed by atoms with van der Waals surface area (Å²) in [5.41, 5.74) is 1.13. The standard InChI is InChI=1S/C18H29ClN4O3S.HI/c1-14-12-23(13-15(2)26-14)27(24,25)10-9-22-18(20-3)21-8-7-16-5-4-6-17(19)11-16;/h4-6,11,14-15H,7-10,12-13H2,1-3H3,(H2,20,21,22);1H. The summed E-state index contributed by atoms with van der Waals surface area (Å²) >= 11 is 5.98. The fourth-order valence-electron chi connectivity index (χ4n) is 3.02. The number of nitrogens with zero attached hydrogens (tertiary/aromatic N) is 2. The first kappa shape index (κ1) is 25.4. The topological polar surface area (TPSA) is 83.0 Å². The first-order valence-corrected chi connectivity index (χ1v) is 11.1. The van der Waals surface area contributed by atoms with Crippen molar-refractivity contribution in [2.75, 3.05) is 39.0 Å². The number of rotatable bonds is 7. The van der Waals surface area contributed by atoms with E-state index in [1.165, 1.54) is 4.31 Å². The molecule has 1 fully saturated rings. The number of morpholine rings is 1. The van der Waals surface area contributed by atoms with Gasteiger partial charge < -0.3 is 15.4 Å². The van der Waals surface area contributed by atoms with Crippen LogP contribution in [0.2, 0.25) is 5.02 Å². The highest BCUT2D eigenvalue weighted by Crippen LogP contribution is 2.14. The van der Waals surface area contributed by atoms with Gasteiger partial charge in [-0.3, -0.25) is 4.99 Å². The van der Waals surface area contributed by atoms with Crippen LogP contribution in [-0.2, 0) is 21.2 Å². The van der Waals surface area contributed by atoms with Crippen LogP contribution in [0.25, 0.3) is 0 Å². The van der Waals surface area contributed by atoms with Gasteiger partial charge in [-0.2, -0.15) is 4.31 Å². The summed E-state index contributed by atoms with van der Waals surface area (Å²) in [6.07, 6.45) is 0.623. The van der Waals surface area contributed by atoms with Crippen LogP contribution in [0.5, 0.6) is 0 Å². The van der Waals surface area contributed by atoms with Gasteiger partial charge in [-0.25, -0.2) is 8.42 Å². The van der Waals surface area contributed by atoms with E-state index in [0.717, 1.165) is 12.0 Å². The van der Waals surface area contributed by atoms with E-state index in [2.05, 4.69) is 15.6 Å². The smallest absolute Gasteiger partial charge is 0.216 e. The van der Waals surface area contributed by atoms with Gasteiger partial charge in [-0.15, -0.1) is 24.0 Å². The van der Waals surface area contributed by atoms with Crippen molar-refractivity contribution in [3.63, 3.8) is 0 Å². The number of nitrogens with one attached hydrogen (secondary N) is 2. The Morgan fingerprint density at radius 2 is 1.89 bits per heavy atom. The SMILES string of the molecule is CN=C(NCCc1cccc(Cl)c1)NCCS(=O)(=O)N1CC(C)OC(C)C1.I. The van der Waals surface area contributed by atoms with Crippen LogP contribution in [0.3, 0.4) is 0 Å². The molecule has 1 aliphatic rings. The van der Waals surface area contributed by atoms with Crippen molar-refractivity contribution in [2.45, 2.75) is 32.5 Å². The van der Waals surface area contributed by atoms with Gasteiger partial charge in [0.25, 0.3) is 0 Å². The summed E-state index contributed by atoms with van der Waals surface area (Å²) in [4.78, 5) is 4.13. The Balaban J connectivity index is 0.00000392. The molecular weight excluding hydrogens is 515 g/mol. The zero-order valence-corrected chi connectivity index (χ0v) is 20.4. The van der Waals surface area contributed by atoms with E-state index in [1.807, 2.05) is 38.1 Å². The molecule has 1 heterocycles. The summed E-state index contributed by atoms with van der Waals surface area (Å²) in [7, 11) is -1.67. The van der Waals surface area contributed by atoms with Gasteiger partial charge in [0.05, 0.1) is 18.0 Å². The quantitative estimate of drug-likeness (QED) is 0.312. The number of hydrogen-bond donors (Lipinski definition) is 2. The molecule has 1 aromatic rings. The van der Waals surface area contributed by atoms with Crippen molar-refractivity contribution in [3.05, 3.63) is 34.9 Å². The summed E-state index contributed by atoms with van der Waals surface area (Å²) in [5.74, 6) is 0.595. The number of guanidine groups is 1. The summed E-state index contributed by atoms with van der Waals surface area (Å²) in [5, 5.41) is 6.96. The summed E-state index contributed by atoms with van der Waals surface area (Å²) in [6, 6.07) is 7.70. The molecule has 10 heteroatoms. The van der Waals surface area contributed by atoms with Gasteiger partial charge >= 0.3 is 0 Å². The zero-order chi connectivity index (χ0) is 19.9. The van der Waals surface area contributed by atoms with Crippen LogP contribution >= 0.6 is 35.6 Å². The van der Waals surface area contributed by atoms with Crippen molar-refractivity contribution < 1.29 is 13.2 Å². The Morgan fingerprint density at radius 3 is 2.50 bits per heavy atom. The number of aliphatic imine (C=N–C) groups is 1. The first-order valence-electron chi connectivity index (χ1n) is 9.12. The second-order valence-corrected chi connectivity index (χ2v) is 9.22. The average molecular weight is 545 g/mol. The Hall–Kier alpha value is -0.620. The fourth-order valence-corrected chi connectivity index (χ4v) is 4.73.